The van der Waals surface area contributed by atoms with Gasteiger partial charge in [-0.2, -0.15) is 8.78 Å². The predicted octanol–water partition coefficient (Wildman–Crippen LogP) is 3.02. The molecule has 1 amide bonds. The van der Waals surface area contributed by atoms with Crippen LogP contribution in [0.2, 0.25) is 0 Å². The number of hydrogen-bond donors (Lipinski definition) is 0. The molecule has 8 heteroatoms. The van der Waals surface area contributed by atoms with Crippen LogP contribution in [0.15, 0.2) is 18.2 Å². The fraction of sp³-hybridized carbons (Fsp3) is 0.533. The maximum atomic E-state index is 13.4. The van der Waals surface area contributed by atoms with Gasteiger partial charge in [0.05, 0.1) is 6.04 Å². The van der Waals surface area contributed by atoms with Crippen molar-refractivity contribution in [3.05, 3.63) is 23.8 Å². The third kappa shape index (κ3) is 2.70. The number of carbonyl (C=O) groups excluding carboxylic acids is 1. The van der Waals surface area contributed by atoms with E-state index < -0.39 is 24.3 Å². The Bertz CT molecular complexity index is 608. The number of ether oxygens (including phenoxy) is 2. The highest BCUT2D eigenvalue weighted by Gasteiger charge is 2.53. The van der Waals surface area contributed by atoms with Crippen LogP contribution in [-0.4, -0.2) is 42.9 Å². The molecule has 126 valence electrons. The van der Waals surface area contributed by atoms with E-state index in [1.54, 1.807) is 18.2 Å². The lowest BCUT2D eigenvalue weighted by atomic mass is 10.0. The van der Waals surface area contributed by atoms with Crippen molar-refractivity contribution in [2.45, 2.75) is 31.2 Å². The molecule has 0 aliphatic carbocycles. The van der Waals surface area contributed by atoms with Crippen LogP contribution < -0.4 is 9.47 Å². The lowest BCUT2D eigenvalue weighted by Gasteiger charge is -2.30. The van der Waals surface area contributed by atoms with Crippen LogP contribution in [0.4, 0.5) is 17.6 Å². The molecule has 1 aromatic carbocycles. The fourth-order valence-corrected chi connectivity index (χ4v) is 2.98. The molecule has 0 bridgehead atoms. The van der Waals surface area contributed by atoms with Gasteiger partial charge in [0.2, 0.25) is 0 Å². The molecule has 1 saturated heterocycles. The van der Waals surface area contributed by atoms with E-state index in [1.807, 2.05) is 0 Å². The van der Waals surface area contributed by atoms with Crippen LogP contribution in [0.25, 0.3) is 0 Å². The van der Waals surface area contributed by atoms with Gasteiger partial charge in [-0.3, -0.25) is 4.79 Å². The van der Waals surface area contributed by atoms with E-state index in [0.717, 1.165) is 4.90 Å². The molecule has 0 saturated carbocycles. The van der Waals surface area contributed by atoms with E-state index in [0.29, 0.717) is 43.1 Å². The number of para-hydroxylation sites is 1. The Morgan fingerprint density at radius 3 is 2.74 bits per heavy atom. The van der Waals surface area contributed by atoms with E-state index in [1.165, 1.54) is 0 Å². The molecular formula is C15H15F4NO3. The van der Waals surface area contributed by atoms with Crippen LogP contribution >= 0.6 is 0 Å². The summed E-state index contributed by atoms with van der Waals surface area (Å²) in [6, 6.07) is 4.26. The Balaban J connectivity index is 1.92. The molecular weight excluding hydrogens is 318 g/mol. The minimum atomic E-state index is -4.69. The molecule has 23 heavy (non-hydrogen) atoms. The molecule has 1 fully saturated rings. The maximum absolute atomic E-state index is 13.4. The summed E-state index contributed by atoms with van der Waals surface area (Å²) in [6.07, 6.45) is -3.16. The lowest BCUT2D eigenvalue weighted by molar-refractivity contribution is -0.181. The average Bonchev–Trinajstić information content (AvgIpc) is 3.02. The van der Waals surface area contributed by atoms with E-state index in [-0.39, 0.29) is 6.54 Å². The maximum Gasteiger partial charge on any atom is 0.383 e. The number of amides is 1. The van der Waals surface area contributed by atoms with Crippen molar-refractivity contribution >= 4 is 5.91 Å². The van der Waals surface area contributed by atoms with Crippen molar-refractivity contribution in [1.29, 1.82) is 0 Å². The van der Waals surface area contributed by atoms with Crippen LogP contribution in [0, 0.1) is 0 Å². The monoisotopic (exact) mass is 333 g/mol. The van der Waals surface area contributed by atoms with Gasteiger partial charge in [0.1, 0.15) is 13.2 Å². The molecule has 1 aromatic rings. The first-order chi connectivity index (χ1) is 10.9. The van der Waals surface area contributed by atoms with Crippen molar-refractivity contribution in [1.82, 2.24) is 4.90 Å². The van der Waals surface area contributed by atoms with Crippen LogP contribution in [-0.2, 0) is 4.79 Å². The SMILES string of the molecule is O=C(N1CCC[C@H]1c1cccc2c1OCCO2)C(F)(F)C(F)F. The Morgan fingerprint density at radius 1 is 1.26 bits per heavy atom. The van der Waals surface area contributed by atoms with E-state index in [2.05, 4.69) is 0 Å². The lowest BCUT2D eigenvalue weighted by Crippen LogP contribution is -2.47. The van der Waals surface area contributed by atoms with Crippen molar-refractivity contribution in [2.75, 3.05) is 19.8 Å². The van der Waals surface area contributed by atoms with Gasteiger partial charge in [-0.1, -0.05) is 12.1 Å². The number of alkyl halides is 4. The van der Waals surface area contributed by atoms with Gasteiger partial charge in [-0.05, 0) is 18.9 Å². The summed E-state index contributed by atoms with van der Waals surface area (Å²) < 4.78 is 62.8. The summed E-state index contributed by atoms with van der Waals surface area (Å²) in [6.45, 7) is 0.682. The summed E-state index contributed by atoms with van der Waals surface area (Å²) in [5.74, 6) is -5.67. The molecule has 0 aromatic heterocycles. The Hall–Kier alpha value is -1.99. The number of carbonyl (C=O) groups is 1. The summed E-state index contributed by atoms with van der Waals surface area (Å²) in [5.41, 5.74) is 0.512. The van der Waals surface area contributed by atoms with Crippen LogP contribution in [0.1, 0.15) is 24.4 Å². The first-order valence-electron chi connectivity index (χ1n) is 7.28. The molecule has 1 atom stereocenters. The summed E-state index contributed by atoms with van der Waals surface area (Å²) in [4.78, 5) is 12.7. The Labute approximate surface area is 130 Å². The highest BCUT2D eigenvalue weighted by atomic mass is 19.3. The first-order valence-corrected chi connectivity index (χ1v) is 7.28. The highest BCUT2D eigenvalue weighted by Crippen LogP contribution is 2.44. The summed E-state index contributed by atoms with van der Waals surface area (Å²) in [7, 11) is 0. The molecule has 4 nitrogen and oxygen atoms in total. The Kier molecular flexibility index (Phi) is 4.08. The van der Waals surface area contributed by atoms with Gasteiger partial charge in [-0.15, -0.1) is 0 Å². The minimum Gasteiger partial charge on any atom is -0.486 e. The van der Waals surface area contributed by atoms with Crippen molar-refractivity contribution in [2.24, 2.45) is 0 Å². The predicted molar refractivity (Wildman–Crippen MR) is 72.1 cm³/mol. The molecule has 2 heterocycles. The molecule has 2 aliphatic heterocycles. The number of nitrogens with zero attached hydrogens (tertiary/aromatic N) is 1. The van der Waals surface area contributed by atoms with Crippen LogP contribution in [0.5, 0.6) is 11.5 Å². The van der Waals surface area contributed by atoms with Crippen molar-refractivity contribution in [3.63, 3.8) is 0 Å². The average molecular weight is 333 g/mol. The summed E-state index contributed by atoms with van der Waals surface area (Å²) in [5, 5.41) is 0. The number of rotatable bonds is 3. The topological polar surface area (TPSA) is 38.8 Å². The van der Waals surface area contributed by atoms with Gasteiger partial charge in [0.15, 0.2) is 11.5 Å². The zero-order valence-corrected chi connectivity index (χ0v) is 12.1. The zero-order chi connectivity index (χ0) is 16.6. The second kappa shape index (κ2) is 5.90. The molecule has 0 unspecified atom stereocenters. The van der Waals surface area contributed by atoms with Crippen molar-refractivity contribution in [3.8, 4) is 11.5 Å². The van der Waals surface area contributed by atoms with Crippen molar-refractivity contribution < 1.29 is 31.8 Å². The third-order valence-electron chi connectivity index (χ3n) is 4.03. The second-order valence-electron chi connectivity index (χ2n) is 5.45. The molecule has 2 aliphatic rings. The van der Waals surface area contributed by atoms with Gasteiger partial charge in [0.25, 0.3) is 5.91 Å². The largest absolute Gasteiger partial charge is 0.486 e. The van der Waals surface area contributed by atoms with Gasteiger partial charge in [0, 0.05) is 12.1 Å². The fourth-order valence-electron chi connectivity index (χ4n) is 2.98. The van der Waals surface area contributed by atoms with Gasteiger partial charge in [-0.25, -0.2) is 8.78 Å². The Morgan fingerprint density at radius 2 is 2.00 bits per heavy atom. The van der Waals surface area contributed by atoms with E-state index >= 15 is 0 Å². The standard InChI is InChI=1S/C15H15F4NO3/c16-13(17)15(18,19)14(21)20-6-2-4-10(20)9-3-1-5-11-12(9)23-8-7-22-11/h1,3,5,10,13H,2,4,6-8H2/t10-/m0/s1. The molecule has 0 spiro atoms. The van der Waals surface area contributed by atoms with Crippen LogP contribution in [0.3, 0.4) is 0 Å². The third-order valence-corrected chi connectivity index (χ3v) is 4.03. The quantitative estimate of drug-likeness (QED) is 0.798. The molecule has 0 N–H and O–H groups in total. The van der Waals surface area contributed by atoms with Gasteiger partial charge < -0.3 is 14.4 Å². The second-order valence-corrected chi connectivity index (χ2v) is 5.45. The number of benzene rings is 1. The summed E-state index contributed by atoms with van der Waals surface area (Å²) >= 11 is 0. The zero-order valence-electron chi connectivity index (χ0n) is 12.1. The number of fused-ring (bicyclic) bond motifs is 1. The minimum absolute atomic E-state index is 0.0103. The normalized spacial score (nSPS) is 20.9. The number of halogens is 4. The number of likely N-dealkylation sites (tertiary alicyclic amines) is 1. The molecule has 3 rings (SSSR count). The first kappa shape index (κ1) is 15.9. The van der Waals surface area contributed by atoms with E-state index in [9.17, 15) is 22.4 Å². The highest BCUT2D eigenvalue weighted by molar-refractivity contribution is 5.84. The molecule has 0 radical (unpaired) electrons. The smallest absolute Gasteiger partial charge is 0.383 e. The van der Waals surface area contributed by atoms with E-state index in [4.69, 9.17) is 9.47 Å². The van der Waals surface area contributed by atoms with Gasteiger partial charge >= 0.3 is 12.3 Å². The number of hydrogen-bond acceptors (Lipinski definition) is 3.